The van der Waals surface area contributed by atoms with Crippen LogP contribution >= 0.6 is 11.6 Å². The normalized spacial score (nSPS) is 24.6. The Morgan fingerprint density at radius 1 is 1.38 bits per heavy atom. The predicted molar refractivity (Wildman–Crippen MR) is 88.5 cm³/mol. The molecule has 21 heavy (non-hydrogen) atoms. The summed E-state index contributed by atoms with van der Waals surface area (Å²) in [6.45, 7) is 8.35. The zero-order valence-corrected chi connectivity index (χ0v) is 13.7. The molecule has 4 nitrogen and oxygen atoms in total. The lowest BCUT2D eigenvalue weighted by atomic mass is 9.91. The minimum atomic E-state index is -0.173. The molecular weight excluding hydrogens is 286 g/mol. The molecule has 1 aromatic carbocycles. The molecule has 1 fully saturated rings. The molecule has 1 heterocycles. The SMILES string of the molecule is CC1CC(C)CN(C(C)C(=O)Nc2cc(Cl)ccc2N)C1. The predicted octanol–water partition coefficient (Wildman–Crippen LogP) is 3.23. The Balaban J connectivity index is 2.04. The molecule has 1 aliphatic rings. The summed E-state index contributed by atoms with van der Waals surface area (Å²) in [6, 6.07) is 4.93. The number of carbonyl (C=O) groups is 1. The highest BCUT2D eigenvalue weighted by Gasteiger charge is 2.28. The summed E-state index contributed by atoms with van der Waals surface area (Å²) in [6.07, 6.45) is 1.23. The minimum absolute atomic E-state index is 0.0368. The van der Waals surface area contributed by atoms with Crippen LogP contribution in [-0.4, -0.2) is 29.9 Å². The Hall–Kier alpha value is -1.26. The number of anilines is 2. The maximum atomic E-state index is 12.4. The van der Waals surface area contributed by atoms with Gasteiger partial charge in [-0.05, 0) is 43.4 Å². The van der Waals surface area contributed by atoms with Crippen molar-refractivity contribution in [3.8, 4) is 0 Å². The Morgan fingerprint density at radius 3 is 2.62 bits per heavy atom. The van der Waals surface area contributed by atoms with Crippen LogP contribution in [-0.2, 0) is 4.79 Å². The molecule has 0 spiro atoms. The number of nitrogens with two attached hydrogens (primary N) is 1. The maximum absolute atomic E-state index is 12.4. The molecule has 3 atom stereocenters. The summed E-state index contributed by atoms with van der Waals surface area (Å²) in [5, 5.41) is 3.45. The van der Waals surface area contributed by atoms with Gasteiger partial charge in [0.05, 0.1) is 17.4 Å². The first kappa shape index (κ1) is 16.1. The minimum Gasteiger partial charge on any atom is -0.397 e. The third-order valence-electron chi connectivity index (χ3n) is 4.10. The number of likely N-dealkylation sites (tertiary alicyclic amines) is 1. The van der Waals surface area contributed by atoms with Crippen molar-refractivity contribution in [2.75, 3.05) is 24.1 Å². The van der Waals surface area contributed by atoms with Crippen molar-refractivity contribution < 1.29 is 4.79 Å². The van der Waals surface area contributed by atoms with Gasteiger partial charge < -0.3 is 11.1 Å². The number of halogens is 1. The Kier molecular flexibility index (Phi) is 5.12. The molecule has 1 amide bonds. The van der Waals surface area contributed by atoms with Crippen molar-refractivity contribution in [3.63, 3.8) is 0 Å². The number of nitrogens with one attached hydrogen (secondary N) is 1. The summed E-state index contributed by atoms with van der Waals surface area (Å²) in [4.78, 5) is 14.7. The van der Waals surface area contributed by atoms with Crippen LogP contribution in [0.25, 0.3) is 0 Å². The fraction of sp³-hybridized carbons (Fsp3) is 0.562. The molecular formula is C16H24ClN3O. The number of piperidine rings is 1. The second-order valence-corrected chi connectivity index (χ2v) is 6.73. The molecule has 0 bridgehead atoms. The van der Waals surface area contributed by atoms with Gasteiger partial charge in [-0.2, -0.15) is 0 Å². The first-order valence-corrected chi connectivity index (χ1v) is 7.84. The van der Waals surface area contributed by atoms with E-state index in [0.717, 1.165) is 13.1 Å². The van der Waals surface area contributed by atoms with Crippen molar-refractivity contribution in [2.45, 2.75) is 33.2 Å². The molecule has 0 aromatic heterocycles. The van der Waals surface area contributed by atoms with E-state index >= 15 is 0 Å². The van der Waals surface area contributed by atoms with Gasteiger partial charge in [0.1, 0.15) is 0 Å². The van der Waals surface area contributed by atoms with Crippen molar-refractivity contribution in [3.05, 3.63) is 23.2 Å². The molecule has 5 heteroatoms. The average Bonchev–Trinajstić information content (AvgIpc) is 2.41. The van der Waals surface area contributed by atoms with Gasteiger partial charge in [0, 0.05) is 18.1 Å². The van der Waals surface area contributed by atoms with Crippen LogP contribution in [0.2, 0.25) is 5.02 Å². The number of nitrogen functional groups attached to an aromatic ring is 1. The van der Waals surface area contributed by atoms with Crippen molar-refractivity contribution in [1.82, 2.24) is 4.90 Å². The fourth-order valence-corrected chi connectivity index (χ4v) is 3.24. The molecule has 1 saturated heterocycles. The number of hydrogen-bond acceptors (Lipinski definition) is 3. The second-order valence-electron chi connectivity index (χ2n) is 6.30. The number of hydrogen-bond donors (Lipinski definition) is 2. The number of carbonyl (C=O) groups excluding carboxylic acids is 1. The first-order valence-electron chi connectivity index (χ1n) is 7.46. The van der Waals surface area contributed by atoms with Crippen LogP contribution in [0, 0.1) is 11.8 Å². The largest absolute Gasteiger partial charge is 0.397 e. The van der Waals surface area contributed by atoms with E-state index in [1.807, 2.05) is 6.92 Å². The first-order chi connectivity index (χ1) is 9.86. The lowest BCUT2D eigenvalue weighted by molar-refractivity contribution is -0.121. The van der Waals surface area contributed by atoms with E-state index in [1.165, 1.54) is 6.42 Å². The highest BCUT2D eigenvalue weighted by Crippen LogP contribution is 2.25. The number of amides is 1. The molecule has 0 saturated carbocycles. The van der Waals surface area contributed by atoms with Crippen molar-refractivity contribution in [1.29, 1.82) is 0 Å². The highest BCUT2D eigenvalue weighted by atomic mass is 35.5. The van der Waals surface area contributed by atoms with Crippen LogP contribution in [0.5, 0.6) is 0 Å². The van der Waals surface area contributed by atoms with E-state index < -0.39 is 0 Å². The maximum Gasteiger partial charge on any atom is 0.241 e. The molecule has 1 aliphatic heterocycles. The highest BCUT2D eigenvalue weighted by molar-refractivity contribution is 6.31. The van der Waals surface area contributed by atoms with E-state index in [1.54, 1.807) is 18.2 Å². The van der Waals surface area contributed by atoms with Gasteiger partial charge in [-0.15, -0.1) is 0 Å². The Bertz CT molecular complexity index is 510. The standard InChI is InChI=1S/C16H24ClN3O/c1-10-6-11(2)9-20(8-10)12(3)16(21)19-15-7-13(17)4-5-14(15)18/h4-5,7,10-12H,6,8-9,18H2,1-3H3,(H,19,21). The van der Waals surface area contributed by atoms with Crippen LogP contribution < -0.4 is 11.1 Å². The summed E-state index contributed by atoms with van der Waals surface area (Å²) >= 11 is 5.95. The number of nitrogens with zero attached hydrogens (tertiary/aromatic N) is 1. The summed E-state index contributed by atoms with van der Waals surface area (Å²) in [5.41, 5.74) is 6.98. The van der Waals surface area contributed by atoms with Crippen LogP contribution in [0.3, 0.4) is 0 Å². The topological polar surface area (TPSA) is 58.4 Å². The van der Waals surface area contributed by atoms with E-state index in [2.05, 4.69) is 24.1 Å². The van der Waals surface area contributed by atoms with E-state index in [-0.39, 0.29) is 11.9 Å². The zero-order chi connectivity index (χ0) is 15.6. The van der Waals surface area contributed by atoms with Crippen LogP contribution in [0.1, 0.15) is 27.2 Å². The molecule has 3 unspecified atom stereocenters. The monoisotopic (exact) mass is 309 g/mol. The molecule has 2 rings (SSSR count). The average molecular weight is 310 g/mol. The lowest BCUT2D eigenvalue weighted by Gasteiger charge is -2.38. The van der Waals surface area contributed by atoms with Gasteiger partial charge >= 0.3 is 0 Å². The lowest BCUT2D eigenvalue weighted by Crippen LogP contribution is -2.48. The van der Waals surface area contributed by atoms with Crippen LogP contribution in [0.15, 0.2) is 18.2 Å². The molecule has 1 aromatic rings. The van der Waals surface area contributed by atoms with Gasteiger partial charge in [-0.25, -0.2) is 0 Å². The number of rotatable bonds is 3. The smallest absolute Gasteiger partial charge is 0.241 e. The van der Waals surface area contributed by atoms with Gasteiger partial charge in [0.2, 0.25) is 5.91 Å². The van der Waals surface area contributed by atoms with E-state index in [0.29, 0.717) is 28.2 Å². The third-order valence-corrected chi connectivity index (χ3v) is 4.33. The van der Waals surface area contributed by atoms with Crippen molar-refractivity contribution >= 4 is 28.9 Å². The van der Waals surface area contributed by atoms with Gasteiger partial charge in [0.25, 0.3) is 0 Å². The summed E-state index contributed by atoms with van der Waals surface area (Å²) in [7, 11) is 0. The van der Waals surface area contributed by atoms with E-state index in [9.17, 15) is 4.79 Å². The third kappa shape index (κ3) is 4.11. The Labute approximate surface area is 131 Å². The van der Waals surface area contributed by atoms with Gasteiger partial charge in [0.15, 0.2) is 0 Å². The molecule has 0 aliphatic carbocycles. The van der Waals surface area contributed by atoms with E-state index in [4.69, 9.17) is 17.3 Å². The van der Waals surface area contributed by atoms with Gasteiger partial charge in [-0.3, -0.25) is 9.69 Å². The molecule has 116 valence electrons. The Morgan fingerprint density at radius 2 is 2.00 bits per heavy atom. The molecule has 3 N–H and O–H groups in total. The number of benzene rings is 1. The zero-order valence-electron chi connectivity index (χ0n) is 12.9. The summed E-state index contributed by atoms with van der Waals surface area (Å²) < 4.78 is 0. The molecule has 0 radical (unpaired) electrons. The fourth-order valence-electron chi connectivity index (χ4n) is 3.07. The summed E-state index contributed by atoms with van der Waals surface area (Å²) in [5.74, 6) is 1.21. The second kappa shape index (κ2) is 6.67. The van der Waals surface area contributed by atoms with Gasteiger partial charge in [-0.1, -0.05) is 25.4 Å². The quantitative estimate of drug-likeness (QED) is 0.843. The van der Waals surface area contributed by atoms with Crippen LogP contribution in [0.4, 0.5) is 11.4 Å². The van der Waals surface area contributed by atoms with Crippen molar-refractivity contribution in [2.24, 2.45) is 11.8 Å².